The van der Waals surface area contributed by atoms with Gasteiger partial charge in [-0.25, -0.2) is 4.79 Å². The molecule has 1 N–H and O–H groups in total. The van der Waals surface area contributed by atoms with Crippen LogP contribution in [0.1, 0.15) is 15.9 Å². The second-order valence-electron chi connectivity index (χ2n) is 6.85. The predicted octanol–water partition coefficient (Wildman–Crippen LogP) is 4.46. The molecule has 0 spiro atoms. The van der Waals surface area contributed by atoms with Crippen LogP contribution in [0.15, 0.2) is 72.6 Å². The van der Waals surface area contributed by atoms with Gasteiger partial charge in [0, 0.05) is 37.1 Å². The SMILES string of the molecule is COC(=O)c1ccc(/C=C(\CNc2cccnc2)COc2cc(OC)cc(OC)c2)cc1. The zero-order valence-corrected chi connectivity index (χ0v) is 18.3. The van der Waals surface area contributed by atoms with Crippen molar-refractivity contribution >= 4 is 17.7 Å². The van der Waals surface area contributed by atoms with Gasteiger partial charge in [0.15, 0.2) is 0 Å². The maximum Gasteiger partial charge on any atom is 0.337 e. The van der Waals surface area contributed by atoms with Crippen molar-refractivity contribution in [2.24, 2.45) is 0 Å². The standard InChI is InChI=1S/C25H26N2O5/c1-29-22-12-23(30-2)14-24(13-22)32-17-19(15-27-21-5-4-10-26-16-21)11-18-6-8-20(9-7-18)25(28)31-3/h4-14,16,27H,15,17H2,1-3H3/b19-11+. The van der Waals surface area contributed by atoms with E-state index < -0.39 is 0 Å². The first-order valence-corrected chi connectivity index (χ1v) is 9.99. The summed E-state index contributed by atoms with van der Waals surface area (Å²) in [6.07, 6.45) is 5.50. The van der Waals surface area contributed by atoms with E-state index in [2.05, 4.69) is 10.3 Å². The Balaban J connectivity index is 1.78. The van der Waals surface area contributed by atoms with Crippen LogP contribution in [-0.4, -0.2) is 45.4 Å². The molecule has 3 aromatic rings. The normalized spacial score (nSPS) is 10.9. The Morgan fingerprint density at radius 3 is 2.25 bits per heavy atom. The minimum atomic E-state index is -0.366. The summed E-state index contributed by atoms with van der Waals surface area (Å²) in [4.78, 5) is 15.8. The van der Waals surface area contributed by atoms with E-state index in [1.807, 2.05) is 30.3 Å². The van der Waals surface area contributed by atoms with Crippen molar-refractivity contribution in [1.82, 2.24) is 4.98 Å². The van der Waals surface area contributed by atoms with Gasteiger partial charge in [-0.3, -0.25) is 4.98 Å². The molecule has 0 unspecified atom stereocenters. The fraction of sp³-hybridized carbons (Fsp3) is 0.200. The molecule has 166 valence electrons. The first kappa shape index (κ1) is 22.7. The van der Waals surface area contributed by atoms with Crippen LogP contribution in [0.2, 0.25) is 0 Å². The highest BCUT2D eigenvalue weighted by Gasteiger charge is 2.07. The van der Waals surface area contributed by atoms with E-state index in [1.165, 1.54) is 7.11 Å². The van der Waals surface area contributed by atoms with E-state index >= 15 is 0 Å². The van der Waals surface area contributed by atoms with Crippen LogP contribution in [0, 0.1) is 0 Å². The number of rotatable bonds is 10. The maximum atomic E-state index is 11.7. The van der Waals surface area contributed by atoms with Crippen molar-refractivity contribution in [2.45, 2.75) is 0 Å². The Bertz CT molecular complexity index is 1030. The number of anilines is 1. The monoisotopic (exact) mass is 434 g/mol. The number of methoxy groups -OCH3 is 3. The second-order valence-corrected chi connectivity index (χ2v) is 6.85. The predicted molar refractivity (Wildman–Crippen MR) is 124 cm³/mol. The van der Waals surface area contributed by atoms with Crippen LogP contribution >= 0.6 is 0 Å². The number of pyridine rings is 1. The molecule has 0 bridgehead atoms. The number of nitrogens with one attached hydrogen (secondary N) is 1. The third kappa shape index (κ3) is 6.50. The average molecular weight is 434 g/mol. The molecule has 0 saturated heterocycles. The van der Waals surface area contributed by atoms with Gasteiger partial charge in [0.1, 0.15) is 23.9 Å². The van der Waals surface area contributed by atoms with Crippen LogP contribution in [0.5, 0.6) is 17.2 Å². The van der Waals surface area contributed by atoms with E-state index in [1.54, 1.807) is 56.9 Å². The summed E-state index contributed by atoms with van der Waals surface area (Å²) < 4.78 is 21.4. The Morgan fingerprint density at radius 1 is 0.969 bits per heavy atom. The first-order valence-electron chi connectivity index (χ1n) is 9.99. The smallest absolute Gasteiger partial charge is 0.337 e. The molecule has 3 rings (SSSR count). The highest BCUT2D eigenvalue weighted by molar-refractivity contribution is 5.89. The van der Waals surface area contributed by atoms with Crippen molar-refractivity contribution in [3.05, 3.63) is 83.7 Å². The van der Waals surface area contributed by atoms with Gasteiger partial charge < -0.3 is 24.3 Å². The van der Waals surface area contributed by atoms with Gasteiger partial charge in [-0.1, -0.05) is 18.2 Å². The highest BCUT2D eigenvalue weighted by atomic mass is 16.5. The summed E-state index contributed by atoms with van der Waals surface area (Å²) in [6.45, 7) is 0.883. The van der Waals surface area contributed by atoms with E-state index in [9.17, 15) is 4.79 Å². The van der Waals surface area contributed by atoms with Crippen molar-refractivity contribution in [3.8, 4) is 17.2 Å². The third-order valence-electron chi connectivity index (χ3n) is 4.63. The number of ether oxygens (including phenoxy) is 4. The summed E-state index contributed by atoms with van der Waals surface area (Å²) >= 11 is 0. The summed E-state index contributed by atoms with van der Waals surface area (Å²) in [5.41, 5.74) is 3.33. The van der Waals surface area contributed by atoms with E-state index in [0.717, 1.165) is 16.8 Å². The molecule has 0 fully saturated rings. The van der Waals surface area contributed by atoms with Gasteiger partial charge in [0.05, 0.1) is 32.6 Å². The Labute approximate surface area is 187 Å². The van der Waals surface area contributed by atoms with Crippen LogP contribution in [0.3, 0.4) is 0 Å². The number of carbonyl (C=O) groups excluding carboxylic acids is 1. The highest BCUT2D eigenvalue weighted by Crippen LogP contribution is 2.27. The Kier molecular flexibility index (Phi) is 8.09. The lowest BCUT2D eigenvalue weighted by molar-refractivity contribution is 0.0600. The van der Waals surface area contributed by atoms with E-state index in [0.29, 0.717) is 36.0 Å². The number of hydrogen-bond donors (Lipinski definition) is 1. The minimum Gasteiger partial charge on any atom is -0.496 e. The van der Waals surface area contributed by atoms with Crippen LogP contribution in [-0.2, 0) is 4.74 Å². The number of carbonyl (C=O) groups is 1. The Morgan fingerprint density at radius 2 is 1.66 bits per heavy atom. The topological polar surface area (TPSA) is 78.9 Å². The molecule has 0 aliphatic carbocycles. The number of benzene rings is 2. The van der Waals surface area contributed by atoms with Gasteiger partial charge in [0.2, 0.25) is 0 Å². The number of nitrogens with zero attached hydrogens (tertiary/aromatic N) is 1. The van der Waals surface area contributed by atoms with Gasteiger partial charge >= 0.3 is 5.97 Å². The maximum absolute atomic E-state index is 11.7. The zero-order valence-electron chi connectivity index (χ0n) is 18.3. The quantitative estimate of drug-likeness (QED) is 0.472. The molecule has 0 radical (unpaired) electrons. The summed E-state index contributed by atoms with van der Waals surface area (Å²) in [6, 6.07) is 16.4. The lowest BCUT2D eigenvalue weighted by atomic mass is 10.1. The molecule has 2 aromatic carbocycles. The zero-order chi connectivity index (χ0) is 22.8. The Hall–Kier alpha value is -4.00. The van der Waals surface area contributed by atoms with Gasteiger partial charge in [-0.2, -0.15) is 0 Å². The van der Waals surface area contributed by atoms with E-state index in [4.69, 9.17) is 18.9 Å². The minimum absolute atomic E-state index is 0.336. The molecule has 0 aliphatic rings. The number of hydrogen-bond acceptors (Lipinski definition) is 7. The number of aromatic nitrogens is 1. The molecule has 1 aromatic heterocycles. The summed E-state index contributed by atoms with van der Waals surface area (Å²) in [7, 11) is 4.56. The molecule has 7 nitrogen and oxygen atoms in total. The second kappa shape index (κ2) is 11.4. The molecule has 0 aliphatic heterocycles. The lowest BCUT2D eigenvalue weighted by Crippen LogP contribution is -2.12. The first-order chi connectivity index (χ1) is 15.6. The van der Waals surface area contributed by atoms with Crippen LogP contribution in [0.25, 0.3) is 6.08 Å². The fourth-order valence-electron chi connectivity index (χ4n) is 2.94. The molecule has 0 amide bonds. The lowest BCUT2D eigenvalue weighted by Gasteiger charge is -2.14. The molecular formula is C25H26N2O5. The number of esters is 1. The average Bonchev–Trinajstić information content (AvgIpc) is 2.85. The largest absolute Gasteiger partial charge is 0.496 e. The summed E-state index contributed by atoms with van der Waals surface area (Å²) in [5.74, 6) is 1.57. The van der Waals surface area contributed by atoms with Gasteiger partial charge in [-0.05, 0) is 35.4 Å². The summed E-state index contributed by atoms with van der Waals surface area (Å²) in [5, 5.41) is 3.35. The van der Waals surface area contributed by atoms with Crippen LogP contribution < -0.4 is 19.5 Å². The molecule has 0 atom stereocenters. The van der Waals surface area contributed by atoms with Crippen LogP contribution in [0.4, 0.5) is 5.69 Å². The molecule has 7 heteroatoms. The van der Waals surface area contributed by atoms with E-state index in [-0.39, 0.29) is 5.97 Å². The molecular weight excluding hydrogens is 408 g/mol. The third-order valence-corrected chi connectivity index (χ3v) is 4.63. The van der Waals surface area contributed by atoms with Crippen molar-refractivity contribution in [2.75, 3.05) is 39.8 Å². The van der Waals surface area contributed by atoms with Crippen molar-refractivity contribution in [3.63, 3.8) is 0 Å². The molecule has 32 heavy (non-hydrogen) atoms. The van der Waals surface area contributed by atoms with Crippen molar-refractivity contribution < 1.29 is 23.7 Å². The van der Waals surface area contributed by atoms with Crippen molar-refractivity contribution in [1.29, 1.82) is 0 Å². The fourth-order valence-corrected chi connectivity index (χ4v) is 2.94. The van der Waals surface area contributed by atoms with Gasteiger partial charge in [-0.15, -0.1) is 0 Å². The molecule has 0 saturated carbocycles. The van der Waals surface area contributed by atoms with Gasteiger partial charge in [0.25, 0.3) is 0 Å². The molecule has 1 heterocycles.